The van der Waals surface area contributed by atoms with Gasteiger partial charge in [0.25, 0.3) is 0 Å². The van der Waals surface area contributed by atoms with Crippen LogP contribution >= 0.6 is 11.3 Å². The van der Waals surface area contributed by atoms with Gasteiger partial charge in [-0.25, -0.2) is 4.99 Å². The largest absolute Gasteiger partial charge is 0.507 e. The highest BCUT2D eigenvalue weighted by Gasteiger charge is 2.15. The number of phenolic OH excluding ortho intramolecular Hbond substituents is 1. The number of carbonyl (C=O) groups excluding carboxylic acids is 1. The fourth-order valence-electron chi connectivity index (χ4n) is 3.22. The number of carbonyl (C=O) groups is 1. The number of hydrogen-bond acceptors (Lipinski definition) is 4. The van der Waals surface area contributed by atoms with Crippen molar-refractivity contribution in [1.82, 2.24) is 4.57 Å². The van der Waals surface area contributed by atoms with E-state index >= 15 is 0 Å². The Morgan fingerprint density at radius 3 is 2.58 bits per heavy atom. The van der Waals surface area contributed by atoms with E-state index in [9.17, 15) is 9.90 Å². The molecule has 0 unspecified atom stereocenters. The minimum absolute atomic E-state index is 0.0227. The zero-order chi connectivity index (χ0) is 18.4. The molecule has 0 fully saturated rings. The molecule has 130 valence electrons. The topological polar surface area (TPSA) is 54.6 Å². The minimum atomic E-state index is 0.0227. The van der Waals surface area contributed by atoms with Crippen LogP contribution in [0.25, 0.3) is 21.0 Å². The average Bonchev–Trinajstić information content (AvgIpc) is 2.96. The molecule has 0 aliphatic heterocycles. The maximum Gasteiger partial charge on any atom is 0.190 e. The molecule has 1 heterocycles. The Labute approximate surface area is 154 Å². The van der Waals surface area contributed by atoms with Crippen molar-refractivity contribution in [3.8, 4) is 5.75 Å². The van der Waals surface area contributed by atoms with Crippen LogP contribution in [0.4, 0.5) is 5.69 Å². The first kappa shape index (κ1) is 16.5. The third kappa shape index (κ3) is 2.52. The molecule has 4 nitrogen and oxygen atoms in total. The number of rotatable bonds is 2. The van der Waals surface area contributed by atoms with Crippen LogP contribution < -0.4 is 4.80 Å². The van der Waals surface area contributed by atoms with Gasteiger partial charge in [-0.3, -0.25) is 4.79 Å². The van der Waals surface area contributed by atoms with Gasteiger partial charge < -0.3 is 9.67 Å². The molecule has 1 N–H and O–H groups in total. The lowest BCUT2D eigenvalue weighted by Crippen LogP contribution is -2.09. The lowest BCUT2D eigenvalue weighted by molar-refractivity contribution is 0.101. The summed E-state index contributed by atoms with van der Waals surface area (Å²) in [4.78, 5) is 17.2. The molecule has 0 aliphatic rings. The van der Waals surface area contributed by atoms with Gasteiger partial charge in [0, 0.05) is 28.9 Å². The number of aromatic hydroxyl groups is 1. The van der Waals surface area contributed by atoms with Crippen LogP contribution in [0.3, 0.4) is 0 Å². The van der Waals surface area contributed by atoms with Crippen molar-refractivity contribution in [3.05, 3.63) is 64.5 Å². The van der Waals surface area contributed by atoms with Crippen molar-refractivity contribution in [2.24, 2.45) is 12.0 Å². The number of benzene rings is 3. The highest BCUT2D eigenvalue weighted by Crippen LogP contribution is 2.37. The molecule has 3 aromatic carbocycles. The van der Waals surface area contributed by atoms with Crippen molar-refractivity contribution in [1.29, 1.82) is 0 Å². The Bertz CT molecular complexity index is 1250. The molecule has 0 amide bonds. The predicted octanol–water partition coefficient (Wildman–Crippen LogP) is 4.84. The van der Waals surface area contributed by atoms with Gasteiger partial charge in [-0.05, 0) is 26.0 Å². The lowest BCUT2D eigenvalue weighted by Gasteiger charge is -2.08. The molecule has 0 radical (unpaired) electrons. The highest BCUT2D eigenvalue weighted by atomic mass is 32.1. The zero-order valence-corrected chi connectivity index (χ0v) is 15.6. The summed E-state index contributed by atoms with van der Waals surface area (Å²) in [6, 6.07) is 15.2. The first-order chi connectivity index (χ1) is 12.5. The SMILES string of the molecule is CC(=O)c1cccc(N=c2sc3c(C)c(O)c4ccccc4c3n2C)c1. The summed E-state index contributed by atoms with van der Waals surface area (Å²) in [6.45, 7) is 3.48. The zero-order valence-electron chi connectivity index (χ0n) is 14.8. The number of aryl methyl sites for hydroxylation is 2. The Hall–Kier alpha value is -2.92. The van der Waals surface area contributed by atoms with Crippen molar-refractivity contribution >= 4 is 43.8 Å². The van der Waals surface area contributed by atoms with Gasteiger partial charge >= 0.3 is 0 Å². The van der Waals surface area contributed by atoms with Crippen LogP contribution in [0.1, 0.15) is 22.8 Å². The van der Waals surface area contributed by atoms with Gasteiger partial charge in [-0.2, -0.15) is 0 Å². The monoisotopic (exact) mass is 362 g/mol. The first-order valence-corrected chi connectivity index (χ1v) is 9.14. The quantitative estimate of drug-likeness (QED) is 0.519. The number of Topliss-reactive ketones (excluding diaryl/α,β-unsaturated/α-hetero) is 1. The molecule has 0 atom stereocenters. The summed E-state index contributed by atoms with van der Waals surface area (Å²) < 4.78 is 3.07. The molecule has 4 aromatic rings. The molecule has 5 heteroatoms. The van der Waals surface area contributed by atoms with Crippen LogP contribution in [0.15, 0.2) is 53.5 Å². The molecule has 26 heavy (non-hydrogen) atoms. The van der Waals surface area contributed by atoms with Gasteiger partial charge in [-0.15, -0.1) is 0 Å². The van der Waals surface area contributed by atoms with E-state index in [0.29, 0.717) is 11.3 Å². The summed E-state index contributed by atoms with van der Waals surface area (Å²) in [6.07, 6.45) is 0. The predicted molar refractivity (Wildman–Crippen MR) is 106 cm³/mol. The lowest BCUT2D eigenvalue weighted by atomic mass is 10.0. The van der Waals surface area contributed by atoms with E-state index in [0.717, 1.165) is 37.0 Å². The Morgan fingerprint density at radius 1 is 1.12 bits per heavy atom. The van der Waals surface area contributed by atoms with E-state index in [1.807, 2.05) is 50.4 Å². The van der Waals surface area contributed by atoms with E-state index in [1.54, 1.807) is 19.1 Å². The molecule has 4 rings (SSSR count). The fraction of sp³-hybridized carbons (Fsp3) is 0.143. The summed E-state index contributed by atoms with van der Waals surface area (Å²) in [5.74, 6) is 0.342. The Balaban J connectivity index is 2.05. The second-order valence-electron chi connectivity index (χ2n) is 6.36. The number of nitrogens with zero attached hydrogens (tertiary/aromatic N) is 2. The van der Waals surface area contributed by atoms with E-state index in [2.05, 4.69) is 4.57 Å². The van der Waals surface area contributed by atoms with Gasteiger partial charge in [0.05, 0.1) is 15.9 Å². The number of thiazole rings is 1. The molecule has 0 saturated carbocycles. The number of ketones is 1. The van der Waals surface area contributed by atoms with Gasteiger partial charge in [0.2, 0.25) is 0 Å². The third-order valence-electron chi connectivity index (χ3n) is 4.64. The van der Waals surface area contributed by atoms with Crippen LogP contribution in [-0.4, -0.2) is 15.5 Å². The second kappa shape index (κ2) is 6.11. The maximum absolute atomic E-state index is 11.6. The van der Waals surface area contributed by atoms with Crippen molar-refractivity contribution < 1.29 is 9.90 Å². The van der Waals surface area contributed by atoms with Crippen molar-refractivity contribution in [2.45, 2.75) is 13.8 Å². The summed E-state index contributed by atoms with van der Waals surface area (Å²) in [5.41, 5.74) is 3.31. The van der Waals surface area contributed by atoms with Gasteiger partial charge in [0.15, 0.2) is 10.6 Å². The molecule has 0 bridgehead atoms. The smallest absolute Gasteiger partial charge is 0.190 e. The van der Waals surface area contributed by atoms with Crippen LogP contribution in [0.5, 0.6) is 5.75 Å². The summed E-state index contributed by atoms with van der Waals surface area (Å²) >= 11 is 1.54. The third-order valence-corrected chi connectivity index (χ3v) is 5.89. The Kier molecular flexibility index (Phi) is 3.89. The molecular formula is C21H18N2O2S. The number of fused-ring (bicyclic) bond motifs is 3. The van der Waals surface area contributed by atoms with Crippen LogP contribution in [-0.2, 0) is 7.05 Å². The summed E-state index contributed by atoms with van der Waals surface area (Å²) in [5, 5.41) is 12.4. The number of hydrogen-bond donors (Lipinski definition) is 1. The van der Waals surface area contributed by atoms with E-state index in [-0.39, 0.29) is 5.78 Å². The normalized spacial score (nSPS) is 12.2. The molecular weight excluding hydrogens is 344 g/mol. The maximum atomic E-state index is 11.6. The van der Waals surface area contributed by atoms with Crippen molar-refractivity contribution in [2.75, 3.05) is 0 Å². The fourth-order valence-corrected chi connectivity index (χ4v) is 4.38. The average molecular weight is 362 g/mol. The molecule has 0 saturated heterocycles. The molecule has 0 spiro atoms. The number of aromatic nitrogens is 1. The van der Waals surface area contributed by atoms with E-state index in [1.165, 1.54) is 11.3 Å². The standard InChI is InChI=1S/C21H18N2O2S/c1-12-19(25)17-10-5-4-9-16(17)18-20(12)26-21(23(18)3)22-15-8-6-7-14(11-15)13(2)24/h4-11,25H,1-3H3. The summed E-state index contributed by atoms with van der Waals surface area (Å²) in [7, 11) is 1.98. The molecule has 1 aromatic heterocycles. The number of phenols is 1. The Morgan fingerprint density at radius 2 is 1.85 bits per heavy atom. The highest BCUT2D eigenvalue weighted by molar-refractivity contribution is 7.16. The van der Waals surface area contributed by atoms with E-state index in [4.69, 9.17) is 4.99 Å². The van der Waals surface area contributed by atoms with Crippen LogP contribution in [0.2, 0.25) is 0 Å². The van der Waals surface area contributed by atoms with Gasteiger partial charge in [0.1, 0.15) is 5.75 Å². The van der Waals surface area contributed by atoms with Crippen molar-refractivity contribution in [3.63, 3.8) is 0 Å². The minimum Gasteiger partial charge on any atom is -0.507 e. The second-order valence-corrected chi connectivity index (χ2v) is 7.34. The van der Waals surface area contributed by atoms with E-state index < -0.39 is 0 Å². The molecule has 0 aliphatic carbocycles. The van der Waals surface area contributed by atoms with Gasteiger partial charge in [-0.1, -0.05) is 47.7 Å². The first-order valence-electron chi connectivity index (χ1n) is 8.33. The van der Waals surface area contributed by atoms with Crippen LogP contribution in [0, 0.1) is 6.92 Å².